The van der Waals surface area contributed by atoms with Crippen LogP contribution in [0.4, 0.5) is 18.9 Å². The molecule has 2 amide bonds. The van der Waals surface area contributed by atoms with Gasteiger partial charge < -0.3 is 19.9 Å². The molecule has 1 atom stereocenters. The highest BCUT2D eigenvalue weighted by atomic mass is 19.4. The highest BCUT2D eigenvalue weighted by Crippen LogP contribution is 2.47. The summed E-state index contributed by atoms with van der Waals surface area (Å²) in [6.45, 7) is 2.51. The van der Waals surface area contributed by atoms with Crippen LogP contribution in [0.2, 0.25) is 0 Å². The van der Waals surface area contributed by atoms with Crippen molar-refractivity contribution in [2.45, 2.75) is 38.3 Å². The van der Waals surface area contributed by atoms with Crippen LogP contribution in [0.15, 0.2) is 18.2 Å². The van der Waals surface area contributed by atoms with E-state index < -0.39 is 28.6 Å². The molecule has 3 fully saturated rings. The SMILES string of the molecule is COCCNC(=O)C1CN(c2ccc(C#N)c(C(F)(F)F)c2)CC12CCN(C(=O)C1CCC1)CC2. The van der Waals surface area contributed by atoms with Gasteiger partial charge in [0.2, 0.25) is 11.8 Å². The van der Waals surface area contributed by atoms with E-state index in [-0.39, 0.29) is 24.3 Å². The highest BCUT2D eigenvalue weighted by molar-refractivity contribution is 5.82. The maximum atomic E-state index is 13.6. The van der Waals surface area contributed by atoms with Gasteiger partial charge in [0.15, 0.2) is 0 Å². The first-order valence-electron chi connectivity index (χ1n) is 12.1. The summed E-state index contributed by atoms with van der Waals surface area (Å²) in [6, 6.07) is 5.33. The standard InChI is InChI=1S/C25H31F3N4O3/c1-35-12-9-30-22(33)21-15-32(19-6-5-18(14-29)20(13-19)25(26,27)28)16-24(21)7-10-31(11-8-24)23(34)17-3-2-4-17/h5-6,13,17,21H,2-4,7-12,15-16H2,1H3,(H,30,33). The summed E-state index contributed by atoms with van der Waals surface area (Å²) < 4.78 is 45.7. The van der Waals surface area contributed by atoms with E-state index in [1.54, 1.807) is 13.2 Å². The number of benzene rings is 1. The second-order valence-electron chi connectivity index (χ2n) is 9.87. The molecule has 35 heavy (non-hydrogen) atoms. The smallest absolute Gasteiger partial charge is 0.383 e. The normalized spacial score (nSPS) is 22.1. The zero-order chi connectivity index (χ0) is 25.2. The van der Waals surface area contributed by atoms with Crippen LogP contribution in [0.5, 0.6) is 0 Å². The number of anilines is 1. The monoisotopic (exact) mass is 492 g/mol. The average molecular weight is 493 g/mol. The first-order valence-corrected chi connectivity index (χ1v) is 12.1. The number of piperidine rings is 1. The zero-order valence-electron chi connectivity index (χ0n) is 19.9. The van der Waals surface area contributed by atoms with E-state index in [1.807, 2.05) is 9.80 Å². The average Bonchev–Trinajstić information content (AvgIpc) is 3.16. The molecule has 1 aromatic carbocycles. The number of carbonyl (C=O) groups excluding carboxylic acids is 2. The van der Waals surface area contributed by atoms with Gasteiger partial charge in [0.05, 0.1) is 29.7 Å². The van der Waals surface area contributed by atoms with Gasteiger partial charge in [-0.25, -0.2) is 0 Å². The van der Waals surface area contributed by atoms with Gasteiger partial charge in [-0.1, -0.05) is 6.42 Å². The van der Waals surface area contributed by atoms with Crippen molar-refractivity contribution in [1.82, 2.24) is 10.2 Å². The number of carbonyl (C=O) groups is 2. The number of nitrogens with one attached hydrogen (secondary N) is 1. The molecule has 7 nitrogen and oxygen atoms in total. The third kappa shape index (κ3) is 5.10. The van der Waals surface area contributed by atoms with Crippen molar-refractivity contribution in [2.75, 3.05) is 51.3 Å². The van der Waals surface area contributed by atoms with Crippen LogP contribution >= 0.6 is 0 Å². The molecule has 1 aromatic rings. The van der Waals surface area contributed by atoms with E-state index in [2.05, 4.69) is 5.32 Å². The molecule has 2 saturated heterocycles. The Balaban J connectivity index is 1.56. The molecular weight excluding hydrogens is 461 g/mol. The maximum Gasteiger partial charge on any atom is 0.417 e. The number of amides is 2. The van der Waals surface area contributed by atoms with Crippen molar-refractivity contribution in [2.24, 2.45) is 17.3 Å². The van der Waals surface area contributed by atoms with Gasteiger partial charge in [0, 0.05) is 56.9 Å². The number of likely N-dealkylation sites (tertiary alicyclic amines) is 1. The quantitative estimate of drug-likeness (QED) is 0.617. The molecule has 0 aromatic heterocycles. The second-order valence-corrected chi connectivity index (χ2v) is 9.87. The number of nitrogens with zero attached hydrogens (tertiary/aromatic N) is 3. The summed E-state index contributed by atoms with van der Waals surface area (Å²) in [4.78, 5) is 29.6. The fourth-order valence-corrected chi connectivity index (χ4v) is 5.58. The molecule has 0 radical (unpaired) electrons. The zero-order valence-corrected chi connectivity index (χ0v) is 19.9. The summed E-state index contributed by atoms with van der Waals surface area (Å²) in [6.07, 6.45) is -0.475. The summed E-state index contributed by atoms with van der Waals surface area (Å²) in [5.41, 5.74) is -1.50. The molecular formula is C25H31F3N4O3. The predicted octanol–water partition coefficient (Wildman–Crippen LogP) is 3.18. The van der Waals surface area contributed by atoms with E-state index >= 15 is 0 Å². The molecule has 2 aliphatic heterocycles. The Hall–Kier alpha value is -2.80. The summed E-state index contributed by atoms with van der Waals surface area (Å²) >= 11 is 0. The van der Waals surface area contributed by atoms with Crippen molar-refractivity contribution in [1.29, 1.82) is 5.26 Å². The highest BCUT2D eigenvalue weighted by Gasteiger charge is 2.52. The van der Waals surface area contributed by atoms with E-state index in [4.69, 9.17) is 10.00 Å². The van der Waals surface area contributed by atoms with Crippen molar-refractivity contribution in [3.63, 3.8) is 0 Å². The largest absolute Gasteiger partial charge is 0.417 e. The molecule has 0 bridgehead atoms. The summed E-state index contributed by atoms with van der Waals surface area (Å²) in [5, 5.41) is 12.0. The number of hydrogen-bond donors (Lipinski definition) is 1. The van der Waals surface area contributed by atoms with Gasteiger partial charge in [-0.15, -0.1) is 0 Å². The third-order valence-electron chi connectivity index (χ3n) is 7.89. The molecule has 4 rings (SSSR count). The van der Waals surface area contributed by atoms with Crippen molar-refractivity contribution in [3.05, 3.63) is 29.3 Å². The van der Waals surface area contributed by atoms with Crippen LogP contribution in [0.25, 0.3) is 0 Å². The van der Waals surface area contributed by atoms with Gasteiger partial charge in [-0.05, 0) is 43.9 Å². The Kier molecular flexibility index (Phi) is 7.27. The summed E-state index contributed by atoms with van der Waals surface area (Å²) in [5.74, 6) is -0.279. The molecule has 1 saturated carbocycles. The second kappa shape index (κ2) is 10.1. The van der Waals surface area contributed by atoms with Crippen molar-refractivity contribution >= 4 is 17.5 Å². The van der Waals surface area contributed by atoms with Crippen LogP contribution in [0.1, 0.15) is 43.2 Å². The number of rotatable bonds is 6. The minimum atomic E-state index is -4.65. The van der Waals surface area contributed by atoms with Crippen LogP contribution in [-0.2, 0) is 20.5 Å². The Bertz CT molecular complexity index is 995. The van der Waals surface area contributed by atoms with Gasteiger partial charge in [-0.3, -0.25) is 9.59 Å². The molecule has 3 aliphatic rings. The van der Waals surface area contributed by atoms with Gasteiger partial charge in [0.25, 0.3) is 0 Å². The first-order chi connectivity index (χ1) is 16.7. The van der Waals surface area contributed by atoms with Crippen LogP contribution < -0.4 is 10.2 Å². The molecule has 10 heteroatoms. The molecule has 1 unspecified atom stereocenters. The number of nitriles is 1. The van der Waals surface area contributed by atoms with E-state index in [0.29, 0.717) is 51.3 Å². The number of alkyl halides is 3. The van der Waals surface area contributed by atoms with Gasteiger partial charge >= 0.3 is 6.18 Å². The lowest BCUT2D eigenvalue weighted by Gasteiger charge is -2.43. The fourth-order valence-electron chi connectivity index (χ4n) is 5.58. The number of halogens is 3. The van der Waals surface area contributed by atoms with Gasteiger partial charge in [0.1, 0.15) is 0 Å². The van der Waals surface area contributed by atoms with Crippen LogP contribution in [-0.4, -0.2) is 63.2 Å². The Labute approximate surface area is 203 Å². The van der Waals surface area contributed by atoms with E-state index in [9.17, 15) is 22.8 Å². The third-order valence-corrected chi connectivity index (χ3v) is 7.89. The lowest BCUT2D eigenvalue weighted by atomic mass is 9.70. The van der Waals surface area contributed by atoms with Crippen molar-refractivity contribution < 1.29 is 27.5 Å². The van der Waals surface area contributed by atoms with E-state index in [0.717, 1.165) is 25.3 Å². The minimum absolute atomic E-state index is 0.108. The Morgan fingerprint density at radius 2 is 1.97 bits per heavy atom. The topological polar surface area (TPSA) is 85.7 Å². The number of hydrogen-bond acceptors (Lipinski definition) is 5. The Morgan fingerprint density at radius 3 is 2.54 bits per heavy atom. The molecule has 1 aliphatic carbocycles. The fraction of sp³-hybridized carbons (Fsp3) is 0.640. The minimum Gasteiger partial charge on any atom is -0.383 e. The molecule has 2 heterocycles. The molecule has 1 N–H and O–H groups in total. The van der Waals surface area contributed by atoms with Gasteiger partial charge in [-0.2, -0.15) is 18.4 Å². The molecule has 1 spiro atoms. The first kappa shape index (κ1) is 25.3. The predicted molar refractivity (Wildman–Crippen MR) is 122 cm³/mol. The van der Waals surface area contributed by atoms with Crippen LogP contribution in [0.3, 0.4) is 0 Å². The number of methoxy groups -OCH3 is 1. The lowest BCUT2D eigenvalue weighted by molar-refractivity contribution is -0.141. The van der Waals surface area contributed by atoms with Crippen LogP contribution in [0, 0.1) is 28.6 Å². The summed E-state index contributed by atoms with van der Waals surface area (Å²) in [7, 11) is 1.54. The maximum absolute atomic E-state index is 13.6. The lowest BCUT2D eigenvalue weighted by Crippen LogP contribution is -2.51. The number of ether oxygens (including phenoxy) is 1. The molecule has 190 valence electrons. The Morgan fingerprint density at radius 1 is 1.26 bits per heavy atom. The van der Waals surface area contributed by atoms with Crippen molar-refractivity contribution in [3.8, 4) is 6.07 Å². The van der Waals surface area contributed by atoms with E-state index in [1.165, 1.54) is 12.1 Å².